The number of unbranched alkanes of at least 4 members (excludes halogenated alkanes) is 1. The topological polar surface area (TPSA) is 176 Å². The Kier molecular flexibility index (Phi) is 13.9. The Labute approximate surface area is 349 Å². The molecule has 60 heavy (non-hydrogen) atoms. The molecule has 2 fully saturated rings. The molecule has 0 unspecified atom stereocenters. The smallest absolute Gasteiger partial charge is 0.411 e. The van der Waals surface area contributed by atoms with Crippen LogP contribution in [0.1, 0.15) is 55.8 Å². The summed E-state index contributed by atoms with van der Waals surface area (Å²) in [5, 5.41) is 30.7. The number of ether oxygens (including phenoxy) is 1. The number of aromatic amines is 1. The molecule has 1 saturated heterocycles. The molecule has 1 saturated carbocycles. The molecule has 1 aromatic heterocycles. The first-order valence-corrected chi connectivity index (χ1v) is 20.8. The maximum atomic E-state index is 13.0. The summed E-state index contributed by atoms with van der Waals surface area (Å²) in [5.74, 6) is 0.838. The van der Waals surface area contributed by atoms with Crippen LogP contribution < -0.4 is 21.5 Å². The van der Waals surface area contributed by atoms with Gasteiger partial charge in [-0.3, -0.25) is 19.7 Å². The number of rotatable bonds is 17. The van der Waals surface area contributed by atoms with Crippen LogP contribution in [-0.2, 0) is 20.9 Å². The Morgan fingerprint density at radius 2 is 1.65 bits per heavy atom. The molecule has 0 radical (unpaired) electrons. The number of anilines is 2. The number of hydrogen-bond donors (Lipinski definition) is 6. The molecule has 314 valence electrons. The summed E-state index contributed by atoms with van der Waals surface area (Å²) < 4.78 is 5.87. The van der Waals surface area contributed by atoms with E-state index >= 15 is 0 Å². The van der Waals surface area contributed by atoms with Gasteiger partial charge in [0, 0.05) is 81.9 Å². The van der Waals surface area contributed by atoms with E-state index in [9.17, 15) is 29.4 Å². The number of fused-ring (bicyclic) bond motifs is 2. The van der Waals surface area contributed by atoms with Crippen molar-refractivity contribution in [1.82, 2.24) is 20.1 Å². The van der Waals surface area contributed by atoms with Crippen molar-refractivity contribution in [2.24, 2.45) is 11.8 Å². The van der Waals surface area contributed by atoms with E-state index in [0.717, 1.165) is 54.7 Å². The van der Waals surface area contributed by atoms with Gasteiger partial charge in [-0.2, -0.15) is 0 Å². The quantitative estimate of drug-likeness (QED) is 0.0562. The third-order valence-electron chi connectivity index (χ3n) is 11.7. The molecular formula is C47H54N6O7. The summed E-state index contributed by atoms with van der Waals surface area (Å²) in [6.07, 6.45) is 2.39. The molecule has 2 heterocycles. The Bertz CT molecular complexity index is 2320. The van der Waals surface area contributed by atoms with Crippen molar-refractivity contribution in [2.75, 3.05) is 50.4 Å². The fraction of sp³-hybridized carbons (Fsp3) is 0.362. The highest BCUT2D eigenvalue weighted by Crippen LogP contribution is 2.40. The van der Waals surface area contributed by atoms with Crippen molar-refractivity contribution < 1.29 is 29.3 Å². The summed E-state index contributed by atoms with van der Waals surface area (Å²) in [5.41, 5.74) is 4.84. The van der Waals surface area contributed by atoms with Gasteiger partial charge in [-0.25, -0.2) is 4.79 Å². The molecule has 5 aromatic rings. The monoisotopic (exact) mass is 814 g/mol. The first-order chi connectivity index (χ1) is 29.1. The molecule has 0 spiro atoms. The van der Waals surface area contributed by atoms with Crippen molar-refractivity contribution in [1.29, 1.82) is 0 Å². The van der Waals surface area contributed by atoms with Gasteiger partial charge in [-0.05, 0) is 84.5 Å². The van der Waals surface area contributed by atoms with Crippen LogP contribution in [0.5, 0.6) is 5.75 Å². The number of aromatic hydroxyl groups is 1. The number of amides is 3. The number of nitrogens with zero attached hydrogens (tertiary/aromatic N) is 2. The highest BCUT2D eigenvalue weighted by Gasteiger charge is 2.42. The maximum Gasteiger partial charge on any atom is 0.411 e. The minimum atomic E-state index is -0.879. The Morgan fingerprint density at radius 1 is 0.883 bits per heavy atom. The number of phenols is 1. The lowest BCUT2D eigenvalue weighted by atomic mass is 10.0. The molecule has 13 nitrogen and oxygen atoms in total. The Morgan fingerprint density at radius 3 is 2.45 bits per heavy atom. The average Bonchev–Trinajstić information content (AvgIpc) is 3.80. The van der Waals surface area contributed by atoms with Crippen LogP contribution in [0.25, 0.3) is 22.0 Å². The van der Waals surface area contributed by atoms with Gasteiger partial charge in [0.25, 0.3) is 0 Å². The van der Waals surface area contributed by atoms with E-state index in [1.54, 1.807) is 17.0 Å². The first-order valence-electron chi connectivity index (χ1n) is 20.8. The first kappa shape index (κ1) is 42.1. The van der Waals surface area contributed by atoms with Crippen LogP contribution in [0, 0.1) is 11.8 Å². The van der Waals surface area contributed by atoms with Crippen molar-refractivity contribution in [3.63, 3.8) is 0 Å². The fourth-order valence-corrected chi connectivity index (χ4v) is 8.57. The lowest BCUT2D eigenvalue weighted by Gasteiger charge is -2.21. The third-order valence-corrected chi connectivity index (χ3v) is 11.7. The van der Waals surface area contributed by atoms with Crippen LogP contribution in [0.15, 0.2) is 108 Å². The molecule has 2 aliphatic rings. The standard InChI is InChI=1S/C47H54N6O7/c1-52(45(58)21-23-53-29-33-25-36(26-34(33)30-53)60-47(59)50-40-15-6-5-14-37(40)32-11-3-2-4-12-32)22-8-7-16-43(56)49-35-13-9-10-31(24-35)27-48-28-42(55)38-17-19-41(54)46-39(38)18-20-44(57)51-46/h2-6,9-15,17-20,24,33-34,36,42,48,54-55H,7-8,16,21-23,25-30H2,1H3,(H,49,56)(H,50,59)(H,51,57)/t33-,34-,42+/m1/s1. The molecule has 3 atom stereocenters. The van der Waals surface area contributed by atoms with E-state index < -0.39 is 12.2 Å². The van der Waals surface area contributed by atoms with E-state index in [1.165, 1.54) is 12.1 Å². The number of carbonyl (C=O) groups excluding carboxylic acids is 3. The second-order valence-electron chi connectivity index (χ2n) is 16.0. The lowest BCUT2D eigenvalue weighted by molar-refractivity contribution is -0.130. The average molecular weight is 815 g/mol. The number of aliphatic hydroxyl groups is 1. The molecule has 6 N–H and O–H groups in total. The van der Waals surface area contributed by atoms with Crippen molar-refractivity contribution in [2.45, 2.75) is 57.3 Å². The Hall–Kier alpha value is -6.02. The van der Waals surface area contributed by atoms with Crippen molar-refractivity contribution >= 4 is 40.2 Å². The number of nitrogens with one attached hydrogen (secondary N) is 4. The van der Waals surface area contributed by atoms with Crippen LogP contribution >= 0.6 is 0 Å². The number of carbonyl (C=O) groups is 3. The number of aliphatic hydroxyl groups excluding tert-OH is 1. The van der Waals surface area contributed by atoms with E-state index in [1.807, 2.05) is 85.9 Å². The molecule has 1 aliphatic heterocycles. The number of aromatic nitrogens is 1. The largest absolute Gasteiger partial charge is 0.506 e. The van der Waals surface area contributed by atoms with Crippen LogP contribution in [-0.4, -0.2) is 88.8 Å². The van der Waals surface area contributed by atoms with E-state index in [4.69, 9.17) is 4.74 Å². The van der Waals surface area contributed by atoms with Crippen LogP contribution in [0.2, 0.25) is 0 Å². The third kappa shape index (κ3) is 11.0. The zero-order valence-electron chi connectivity index (χ0n) is 33.9. The molecule has 4 aromatic carbocycles. The molecule has 13 heteroatoms. The van der Waals surface area contributed by atoms with E-state index in [0.29, 0.717) is 67.4 Å². The predicted molar refractivity (Wildman–Crippen MR) is 233 cm³/mol. The molecule has 0 bridgehead atoms. The maximum absolute atomic E-state index is 13.0. The second-order valence-corrected chi connectivity index (χ2v) is 16.0. The van der Waals surface area contributed by atoms with Gasteiger partial charge >= 0.3 is 6.09 Å². The van der Waals surface area contributed by atoms with Gasteiger partial charge in [0.15, 0.2) is 0 Å². The van der Waals surface area contributed by atoms with Gasteiger partial charge in [0.2, 0.25) is 17.4 Å². The van der Waals surface area contributed by atoms with E-state index in [-0.39, 0.29) is 41.3 Å². The normalized spacial score (nSPS) is 17.0. The SMILES string of the molecule is CN(CCCCC(=O)Nc1cccc(CNC[C@H](O)c2ccc(O)c3[nH]c(=O)ccc23)c1)C(=O)CCN1C[C@H]2CC(OC(=O)Nc3ccccc3-c3ccccc3)C[C@@H]2C1. The van der Waals surface area contributed by atoms with Crippen molar-refractivity contribution in [3.8, 4) is 16.9 Å². The number of hydrogen-bond acceptors (Lipinski definition) is 9. The summed E-state index contributed by atoms with van der Waals surface area (Å²) in [7, 11) is 1.82. The molecule has 3 amide bonds. The summed E-state index contributed by atoms with van der Waals surface area (Å²) in [6, 6.07) is 31.2. The number of benzene rings is 4. The zero-order valence-corrected chi connectivity index (χ0v) is 33.9. The van der Waals surface area contributed by atoms with Gasteiger partial charge in [0.1, 0.15) is 11.9 Å². The molecular weight excluding hydrogens is 761 g/mol. The highest BCUT2D eigenvalue weighted by molar-refractivity contribution is 5.92. The second kappa shape index (κ2) is 19.8. The van der Waals surface area contributed by atoms with Crippen molar-refractivity contribution in [3.05, 3.63) is 125 Å². The number of para-hydroxylation sites is 1. The minimum Gasteiger partial charge on any atom is -0.506 e. The van der Waals surface area contributed by atoms with E-state index in [2.05, 4.69) is 25.8 Å². The zero-order chi connectivity index (χ0) is 42.0. The fourth-order valence-electron chi connectivity index (χ4n) is 8.57. The number of pyridine rings is 1. The van der Waals surface area contributed by atoms with Crippen LogP contribution in [0.3, 0.4) is 0 Å². The Balaban J connectivity index is 0.752. The molecule has 7 rings (SSSR count). The van der Waals surface area contributed by atoms with Gasteiger partial charge < -0.3 is 40.4 Å². The highest BCUT2D eigenvalue weighted by atomic mass is 16.6. The van der Waals surface area contributed by atoms with Gasteiger partial charge in [-0.1, -0.05) is 66.7 Å². The number of phenolic OH excluding ortho intramolecular Hbond substituents is 1. The summed E-state index contributed by atoms with van der Waals surface area (Å²) >= 11 is 0. The summed E-state index contributed by atoms with van der Waals surface area (Å²) in [6.45, 7) is 3.78. The predicted octanol–water partition coefficient (Wildman–Crippen LogP) is 6.64. The summed E-state index contributed by atoms with van der Waals surface area (Å²) in [4.78, 5) is 57.0. The minimum absolute atomic E-state index is 0.0608. The van der Waals surface area contributed by atoms with Crippen LogP contribution in [0.4, 0.5) is 16.2 Å². The molecule has 1 aliphatic carbocycles. The number of H-pyrrole nitrogens is 1. The van der Waals surface area contributed by atoms with Gasteiger partial charge in [0.05, 0.1) is 17.3 Å². The van der Waals surface area contributed by atoms with Gasteiger partial charge in [-0.15, -0.1) is 0 Å². The lowest BCUT2D eigenvalue weighted by Crippen LogP contribution is -2.33. The number of likely N-dealkylation sites (tertiary alicyclic amines) is 1.